The van der Waals surface area contributed by atoms with Crippen molar-refractivity contribution in [1.82, 2.24) is 4.98 Å². The van der Waals surface area contributed by atoms with Crippen LogP contribution >= 0.6 is 0 Å². The van der Waals surface area contributed by atoms with Crippen molar-refractivity contribution in [1.29, 1.82) is 0 Å². The van der Waals surface area contributed by atoms with Crippen molar-refractivity contribution < 1.29 is 4.92 Å². The third-order valence-electron chi connectivity index (χ3n) is 3.61. The first-order chi connectivity index (χ1) is 8.59. The molecule has 18 heavy (non-hydrogen) atoms. The van der Waals surface area contributed by atoms with Gasteiger partial charge < -0.3 is 4.90 Å². The first kappa shape index (κ1) is 12.8. The van der Waals surface area contributed by atoms with Crippen molar-refractivity contribution in [2.45, 2.75) is 45.6 Å². The molecule has 0 N–H and O–H groups in total. The predicted molar refractivity (Wildman–Crippen MR) is 70.9 cm³/mol. The summed E-state index contributed by atoms with van der Waals surface area (Å²) in [6, 6.07) is 2.29. The van der Waals surface area contributed by atoms with Gasteiger partial charge in [-0.3, -0.25) is 10.1 Å². The number of anilines is 1. The number of hydrogen-bond donors (Lipinski definition) is 0. The standard InChI is InChI=1S/C13H19N3O2/c1-10-8-13(14-9-12(10)16(17)18)15-7-5-3-4-6-11(15)2/h8-9,11H,3-7H2,1-2H3. The summed E-state index contributed by atoms with van der Waals surface area (Å²) in [6.45, 7) is 4.96. The Morgan fingerprint density at radius 3 is 2.89 bits per heavy atom. The van der Waals surface area contributed by atoms with Crippen LogP contribution in [0.2, 0.25) is 0 Å². The van der Waals surface area contributed by atoms with E-state index in [1.807, 2.05) is 6.07 Å². The van der Waals surface area contributed by atoms with E-state index in [1.165, 1.54) is 25.5 Å². The molecule has 1 aliphatic rings. The van der Waals surface area contributed by atoms with Crippen LogP contribution in [0.15, 0.2) is 12.3 Å². The average Bonchev–Trinajstić information content (AvgIpc) is 2.53. The van der Waals surface area contributed by atoms with Crippen LogP contribution in [0.5, 0.6) is 0 Å². The molecule has 1 aromatic heterocycles. The molecule has 0 aliphatic carbocycles. The first-order valence-corrected chi connectivity index (χ1v) is 6.47. The van der Waals surface area contributed by atoms with Crippen LogP contribution in [0.4, 0.5) is 11.5 Å². The molecule has 0 bridgehead atoms. The van der Waals surface area contributed by atoms with Crippen LogP contribution in [-0.2, 0) is 0 Å². The fourth-order valence-corrected chi connectivity index (χ4v) is 2.50. The van der Waals surface area contributed by atoms with Crippen molar-refractivity contribution in [3.8, 4) is 0 Å². The molecular weight excluding hydrogens is 230 g/mol. The quantitative estimate of drug-likeness (QED) is 0.597. The normalized spacial score (nSPS) is 20.6. The molecule has 1 aliphatic heterocycles. The number of hydrogen-bond acceptors (Lipinski definition) is 4. The van der Waals surface area contributed by atoms with Crippen molar-refractivity contribution in [2.24, 2.45) is 0 Å². The van der Waals surface area contributed by atoms with Crippen LogP contribution in [0.3, 0.4) is 0 Å². The maximum absolute atomic E-state index is 10.8. The van der Waals surface area contributed by atoms with Gasteiger partial charge in [-0.1, -0.05) is 12.8 Å². The Balaban J connectivity index is 2.27. The molecule has 2 heterocycles. The topological polar surface area (TPSA) is 59.3 Å². The zero-order chi connectivity index (χ0) is 13.1. The Hall–Kier alpha value is -1.65. The SMILES string of the molecule is Cc1cc(N2CCCCCC2C)ncc1[N+](=O)[O-]. The largest absolute Gasteiger partial charge is 0.354 e. The van der Waals surface area contributed by atoms with E-state index < -0.39 is 0 Å². The van der Waals surface area contributed by atoms with Gasteiger partial charge in [0.2, 0.25) is 0 Å². The van der Waals surface area contributed by atoms with Gasteiger partial charge in [0.15, 0.2) is 0 Å². The smallest absolute Gasteiger partial charge is 0.290 e. The van der Waals surface area contributed by atoms with Crippen LogP contribution in [0, 0.1) is 17.0 Å². The van der Waals surface area contributed by atoms with E-state index >= 15 is 0 Å². The lowest BCUT2D eigenvalue weighted by atomic mass is 10.1. The number of pyridine rings is 1. The van der Waals surface area contributed by atoms with E-state index in [9.17, 15) is 10.1 Å². The van der Waals surface area contributed by atoms with E-state index in [0.717, 1.165) is 18.8 Å². The third-order valence-corrected chi connectivity index (χ3v) is 3.61. The van der Waals surface area contributed by atoms with Crippen molar-refractivity contribution in [3.05, 3.63) is 27.9 Å². The summed E-state index contributed by atoms with van der Waals surface area (Å²) in [5.41, 5.74) is 0.780. The molecule has 5 heteroatoms. The summed E-state index contributed by atoms with van der Waals surface area (Å²) >= 11 is 0. The van der Waals surface area contributed by atoms with E-state index in [4.69, 9.17) is 0 Å². The van der Waals surface area contributed by atoms with Gasteiger partial charge in [0.25, 0.3) is 5.69 Å². The Kier molecular flexibility index (Phi) is 3.79. The van der Waals surface area contributed by atoms with Gasteiger partial charge in [-0.25, -0.2) is 4.98 Å². The van der Waals surface area contributed by atoms with Crippen molar-refractivity contribution in [3.63, 3.8) is 0 Å². The molecule has 0 saturated carbocycles. The molecular formula is C13H19N3O2. The lowest BCUT2D eigenvalue weighted by molar-refractivity contribution is -0.385. The zero-order valence-corrected chi connectivity index (χ0v) is 10.9. The van der Waals surface area contributed by atoms with Crippen LogP contribution in [-0.4, -0.2) is 22.5 Å². The summed E-state index contributed by atoms with van der Waals surface area (Å²) in [4.78, 5) is 16.9. The second kappa shape index (κ2) is 5.33. The number of aryl methyl sites for hydroxylation is 1. The van der Waals surface area contributed by atoms with Gasteiger partial charge in [-0.05, 0) is 32.8 Å². The van der Waals surface area contributed by atoms with Crippen molar-refractivity contribution in [2.75, 3.05) is 11.4 Å². The molecule has 0 amide bonds. The minimum atomic E-state index is -0.377. The summed E-state index contributed by atoms with van der Waals surface area (Å²) in [5, 5.41) is 10.8. The Morgan fingerprint density at radius 1 is 1.44 bits per heavy atom. The zero-order valence-electron chi connectivity index (χ0n) is 10.9. The minimum absolute atomic E-state index is 0.0984. The molecule has 5 nitrogen and oxygen atoms in total. The Labute approximate surface area is 107 Å². The molecule has 1 aromatic rings. The first-order valence-electron chi connectivity index (χ1n) is 6.47. The molecule has 0 radical (unpaired) electrons. The predicted octanol–water partition coefficient (Wildman–Crippen LogP) is 3.07. The molecule has 0 spiro atoms. The molecule has 1 atom stereocenters. The van der Waals surface area contributed by atoms with Crippen molar-refractivity contribution >= 4 is 11.5 Å². The molecule has 98 valence electrons. The highest BCUT2D eigenvalue weighted by Gasteiger charge is 2.20. The van der Waals surface area contributed by atoms with Crippen LogP contribution in [0.1, 0.15) is 38.2 Å². The maximum atomic E-state index is 10.8. The highest BCUT2D eigenvalue weighted by Crippen LogP contribution is 2.26. The fourth-order valence-electron chi connectivity index (χ4n) is 2.50. The summed E-state index contributed by atoms with van der Waals surface area (Å²) in [5.74, 6) is 0.868. The van der Waals surface area contributed by atoms with Gasteiger partial charge in [0.1, 0.15) is 12.0 Å². The summed E-state index contributed by atoms with van der Waals surface area (Å²) in [6.07, 6.45) is 6.22. The minimum Gasteiger partial charge on any atom is -0.354 e. The van der Waals surface area contributed by atoms with Crippen LogP contribution < -0.4 is 4.90 Å². The van der Waals surface area contributed by atoms with Crippen LogP contribution in [0.25, 0.3) is 0 Å². The van der Waals surface area contributed by atoms with Gasteiger partial charge in [0, 0.05) is 18.2 Å². The van der Waals surface area contributed by atoms with E-state index in [1.54, 1.807) is 6.92 Å². The number of rotatable bonds is 2. The summed E-state index contributed by atoms with van der Waals surface area (Å²) < 4.78 is 0. The Morgan fingerprint density at radius 2 is 2.22 bits per heavy atom. The van der Waals surface area contributed by atoms with E-state index in [2.05, 4.69) is 16.8 Å². The average molecular weight is 249 g/mol. The van der Waals surface area contributed by atoms with Gasteiger partial charge >= 0.3 is 0 Å². The number of nitrogens with zero attached hydrogens (tertiary/aromatic N) is 3. The molecule has 1 unspecified atom stereocenters. The molecule has 1 fully saturated rings. The number of nitro groups is 1. The maximum Gasteiger partial charge on any atom is 0.290 e. The molecule has 0 aromatic carbocycles. The third kappa shape index (κ3) is 2.60. The van der Waals surface area contributed by atoms with E-state index in [0.29, 0.717) is 11.6 Å². The number of aromatic nitrogens is 1. The molecule has 1 saturated heterocycles. The van der Waals surface area contributed by atoms with E-state index in [-0.39, 0.29) is 10.6 Å². The van der Waals surface area contributed by atoms with Gasteiger partial charge in [0.05, 0.1) is 4.92 Å². The summed E-state index contributed by atoms with van der Waals surface area (Å²) in [7, 11) is 0. The fraction of sp³-hybridized carbons (Fsp3) is 0.615. The molecule has 2 rings (SSSR count). The van der Waals surface area contributed by atoms with Gasteiger partial charge in [-0.2, -0.15) is 0 Å². The Bertz CT molecular complexity index is 448. The highest BCUT2D eigenvalue weighted by atomic mass is 16.6. The lowest BCUT2D eigenvalue weighted by Crippen LogP contribution is -2.33. The lowest BCUT2D eigenvalue weighted by Gasteiger charge is -2.28. The van der Waals surface area contributed by atoms with Gasteiger partial charge in [-0.15, -0.1) is 0 Å². The monoisotopic (exact) mass is 249 g/mol. The second-order valence-corrected chi connectivity index (χ2v) is 4.98. The second-order valence-electron chi connectivity index (χ2n) is 4.98. The highest BCUT2D eigenvalue weighted by molar-refractivity contribution is 5.49.